The molecule has 0 bridgehead atoms. The van der Waals surface area contributed by atoms with Gasteiger partial charge in [-0.15, -0.1) is 0 Å². The molecule has 3 saturated carbocycles. The van der Waals surface area contributed by atoms with Crippen LogP contribution in [-0.4, -0.2) is 36.1 Å². The quantitative estimate of drug-likeness (QED) is 0.155. The number of fused-ring (bicyclic) bond motifs is 2. The molecule has 3 aliphatic rings. The van der Waals surface area contributed by atoms with Crippen molar-refractivity contribution < 1.29 is 27.1 Å². The lowest BCUT2D eigenvalue weighted by Crippen LogP contribution is -2.40. The van der Waals surface area contributed by atoms with E-state index in [2.05, 4.69) is 26.0 Å². The summed E-state index contributed by atoms with van der Waals surface area (Å²) in [5, 5.41) is 10.2. The fraction of sp³-hybridized carbons (Fsp3) is 0.829. The second-order valence-electron chi connectivity index (χ2n) is 12.8. The summed E-state index contributed by atoms with van der Waals surface area (Å²) in [6.07, 6.45) is 12.6. The number of phenolic OH excluding ortho intramolecular Hbond substituents is 1. The Morgan fingerprint density at radius 3 is 2.02 bits per heavy atom. The molecular weight excluding hydrogens is 563 g/mol. The number of aromatic hydroxyl groups is 1. The molecule has 0 radical (unpaired) electrons. The molecule has 1 N–H and O–H groups in total. The van der Waals surface area contributed by atoms with Crippen molar-refractivity contribution in [2.24, 2.45) is 22.7 Å². The van der Waals surface area contributed by atoms with Gasteiger partial charge in [-0.05, 0) is 128 Å². The zero-order valence-electron chi connectivity index (χ0n) is 26.6. The van der Waals surface area contributed by atoms with E-state index in [4.69, 9.17) is 0 Å². The summed E-state index contributed by atoms with van der Waals surface area (Å²) in [6, 6.07) is 6.28. The van der Waals surface area contributed by atoms with Crippen LogP contribution in [0.2, 0.25) is 0 Å². The Morgan fingerprint density at radius 2 is 1.43 bits per heavy atom. The van der Waals surface area contributed by atoms with Gasteiger partial charge in [0.15, 0.2) is 0 Å². The van der Waals surface area contributed by atoms with Gasteiger partial charge in [-0.3, -0.25) is 4.39 Å². The van der Waals surface area contributed by atoms with Crippen LogP contribution >= 0.6 is 11.8 Å². The van der Waals surface area contributed by atoms with Crippen molar-refractivity contribution >= 4 is 11.8 Å². The van der Waals surface area contributed by atoms with Gasteiger partial charge in [0.2, 0.25) is 0 Å². The molecule has 244 valence electrons. The van der Waals surface area contributed by atoms with E-state index in [0.29, 0.717) is 28.9 Å². The first-order chi connectivity index (χ1) is 20.1. The van der Waals surface area contributed by atoms with Crippen molar-refractivity contribution in [3.8, 4) is 5.75 Å². The maximum absolute atomic E-state index is 12.1. The highest BCUT2D eigenvalue weighted by atomic mass is 32.2. The Balaban J connectivity index is 0.000000686. The number of hydrogen-bond acceptors (Lipinski definition) is 2. The van der Waals surface area contributed by atoms with Crippen LogP contribution in [0.15, 0.2) is 18.2 Å². The number of thioether (sulfide) groups is 1. The summed E-state index contributed by atoms with van der Waals surface area (Å²) >= 11 is 1.91. The van der Waals surface area contributed by atoms with Crippen LogP contribution in [-0.2, 0) is 6.42 Å². The zero-order chi connectivity index (χ0) is 31.2. The molecule has 0 aliphatic heterocycles. The second kappa shape index (κ2) is 18.7. The molecule has 1 nitrogen and oxygen atoms in total. The standard InChI is InChI=1S/C31H49FOS.C2H2F4.C2H6/c1-24-27(14-16-30(2)29(24)15-17-31(30)18-19-31)28-13-12-26(33)23-25(28)11-8-6-4-3-5-7-9-21-34-22-10-20-32;3-1(4)2(5)6;1-2/h12-13,23-24,27,29,33H,3-11,14-22H2,1-2H3;1-2H;1-2H3. The molecule has 4 unspecified atom stereocenters. The fourth-order valence-electron chi connectivity index (χ4n) is 7.96. The van der Waals surface area contributed by atoms with Crippen molar-refractivity contribution in [2.75, 3.05) is 18.2 Å². The number of aryl methyl sites for hydroxylation is 1. The summed E-state index contributed by atoms with van der Waals surface area (Å²) in [4.78, 5) is 0. The van der Waals surface area contributed by atoms with Crippen molar-refractivity contribution in [1.29, 1.82) is 0 Å². The maximum atomic E-state index is 12.1. The minimum absolute atomic E-state index is 0.169. The van der Waals surface area contributed by atoms with Crippen LogP contribution in [0.3, 0.4) is 0 Å². The molecule has 3 fully saturated rings. The van der Waals surface area contributed by atoms with Crippen LogP contribution in [0.4, 0.5) is 22.0 Å². The fourth-order valence-corrected chi connectivity index (χ4v) is 8.89. The third-order valence-corrected chi connectivity index (χ3v) is 11.6. The number of unbranched alkanes of at least 4 members (excludes halogenated alkanes) is 6. The van der Waals surface area contributed by atoms with Crippen molar-refractivity contribution in [3.63, 3.8) is 0 Å². The number of hydrogen-bond donors (Lipinski definition) is 1. The number of phenols is 1. The molecule has 4 atom stereocenters. The number of benzene rings is 1. The SMILES string of the molecule is CC.CC1C(c2ccc(O)cc2CCCCCCCCCSCCCF)CCC2(C)C1CCC21CC1.FC(F)C(F)F. The third kappa shape index (κ3) is 10.3. The van der Waals surface area contributed by atoms with E-state index in [1.807, 2.05) is 31.7 Å². The maximum Gasteiger partial charge on any atom is 0.298 e. The topological polar surface area (TPSA) is 20.2 Å². The van der Waals surface area contributed by atoms with Gasteiger partial charge in [-0.25, -0.2) is 17.6 Å². The minimum atomic E-state index is -3.48. The molecule has 1 spiro atoms. The third-order valence-electron chi connectivity index (χ3n) is 10.4. The average Bonchev–Trinajstić information content (AvgIpc) is 3.71. The number of rotatable bonds is 15. The first kappa shape index (κ1) is 37.2. The predicted molar refractivity (Wildman–Crippen MR) is 169 cm³/mol. The Hall–Kier alpha value is -0.980. The van der Waals surface area contributed by atoms with Crippen LogP contribution < -0.4 is 0 Å². The molecule has 0 heterocycles. The van der Waals surface area contributed by atoms with Crippen molar-refractivity contribution in [2.45, 2.75) is 143 Å². The molecule has 4 rings (SSSR count). The van der Waals surface area contributed by atoms with E-state index < -0.39 is 12.9 Å². The Morgan fingerprint density at radius 1 is 0.833 bits per heavy atom. The summed E-state index contributed by atoms with van der Waals surface area (Å²) in [5.74, 6) is 4.93. The molecular formula is C35H57F5OS. The zero-order valence-corrected chi connectivity index (χ0v) is 27.4. The van der Waals surface area contributed by atoms with Gasteiger partial charge in [0.25, 0.3) is 12.9 Å². The molecule has 1 aromatic carbocycles. The summed E-state index contributed by atoms with van der Waals surface area (Å²) in [6.45, 7) is 9.01. The number of halogens is 5. The molecule has 42 heavy (non-hydrogen) atoms. The highest BCUT2D eigenvalue weighted by molar-refractivity contribution is 7.99. The minimum Gasteiger partial charge on any atom is -0.508 e. The van der Waals surface area contributed by atoms with Gasteiger partial charge in [0.05, 0.1) is 6.67 Å². The van der Waals surface area contributed by atoms with E-state index >= 15 is 0 Å². The highest BCUT2D eigenvalue weighted by Gasteiger charge is 2.65. The molecule has 0 aromatic heterocycles. The highest BCUT2D eigenvalue weighted by Crippen LogP contribution is 2.75. The van der Waals surface area contributed by atoms with E-state index in [-0.39, 0.29) is 6.67 Å². The lowest BCUT2D eigenvalue weighted by atomic mass is 9.56. The monoisotopic (exact) mass is 620 g/mol. The Bertz CT molecular complexity index is 871. The predicted octanol–water partition coefficient (Wildman–Crippen LogP) is 12.0. The average molecular weight is 621 g/mol. The smallest absolute Gasteiger partial charge is 0.298 e. The van der Waals surface area contributed by atoms with Gasteiger partial charge in [0, 0.05) is 0 Å². The van der Waals surface area contributed by atoms with E-state index in [9.17, 15) is 27.1 Å². The summed E-state index contributed by atoms with van der Waals surface area (Å²) < 4.78 is 53.7. The Labute approximate surface area is 257 Å². The van der Waals surface area contributed by atoms with Gasteiger partial charge >= 0.3 is 0 Å². The van der Waals surface area contributed by atoms with Crippen LogP contribution in [0.25, 0.3) is 0 Å². The summed E-state index contributed by atoms with van der Waals surface area (Å²) in [7, 11) is 0. The first-order valence-corrected chi connectivity index (χ1v) is 17.8. The van der Waals surface area contributed by atoms with E-state index in [1.165, 1.54) is 94.8 Å². The van der Waals surface area contributed by atoms with Crippen LogP contribution in [0, 0.1) is 22.7 Å². The van der Waals surface area contributed by atoms with E-state index in [0.717, 1.165) is 24.0 Å². The van der Waals surface area contributed by atoms with Crippen LogP contribution in [0.1, 0.15) is 135 Å². The molecule has 0 saturated heterocycles. The van der Waals surface area contributed by atoms with Crippen LogP contribution in [0.5, 0.6) is 5.75 Å². The summed E-state index contributed by atoms with van der Waals surface area (Å²) in [5.41, 5.74) is 4.27. The largest absolute Gasteiger partial charge is 0.508 e. The molecule has 0 amide bonds. The lowest BCUT2D eigenvalue weighted by Gasteiger charge is -2.48. The normalized spacial score (nSPS) is 25.5. The first-order valence-electron chi connectivity index (χ1n) is 16.7. The number of alkyl halides is 5. The molecule has 1 aromatic rings. The van der Waals surface area contributed by atoms with Gasteiger partial charge < -0.3 is 5.11 Å². The van der Waals surface area contributed by atoms with Gasteiger partial charge in [0.1, 0.15) is 5.75 Å². The molecule has 3 aliphatic carbocycles. The van der Waals surface area contributed by atoms with Crippen molar-refractivity contribution in [1.82, 2.24) is 0 Å². The van der Waals surface area contributed by atoms with E-state index in [1.54, 1.807) is 5.56 Å². The second-order valence-corrected chi connectivity index (χ2v) is 14.0. The van der Waals surface area contributed by atoms with Gasteiger partial charge in [-0.2, -0.15) is 11.8 Å². The van der Waals surface area contributed by atoms with Gasteiger partial charge in [-0.1, -0.05) is 65.9 Å². The molecule has 7 heteroatoms. The Kier molecular flexibility index (Phi) is 16.6. The van der Waals surface area contributed by atoms with Crippen molar-refractivity contribution in [3.05, 3.63) is 29.3 Å². The lowest BCUT2D eigenvalue weighted by molar-refractivity contribution is -0.0278.